The maximum atomic E-state index is 5.63. The topological polar surface area (TPSA) is 18.5 Å². The second-order valence-electron chi connectivity index (χ2n) is 3.02. The molecule has 13 heavy (non-hydrogen) atoms. The van der Waals surface area contributed by atoms with Crippen molar-refractivity contribution in [1.82, 2.24) is 0 Å². The van der Waals surface area contributed by atoms with Crippen LogP contribution in [0.1, 0.15) is 33.6 Å². The molecule has 0 rings (SSSR count). The number of unbranched alkanes of at least 4 members (excludes halogenated alkanes) is 1. The fourth-order valence-corrected chi connectivity index (χ4v) is 2.10. The van der Waals surface area contributed by atoms with E-state index in [4.69, 9.17) is 9.16 Å². The van der Waals surface area contributed by atoms with Gasteiger partial charge in [-0.05, 0) is 26.8 Å². The Labute approximate surface area is 83.7 Å². The molecule has 0 heterocycles. The van der Waals surface area contributed by atoms with Gasteiger partial charge < -0.3 is 9.16 Å². The highest BCUT2D eigenvalue weighted by molar-refractivity contribution is 6.56. The summed E-state index contributed by atoms with van der Waals surface area (Å²) < 4.78 is 11.1. The molecule has 0 spiro atoms. The lowest BCUT2D eigenvalue weighted by atomic mass is 10.4. The zero-order chi connectivity index (χ0) is 10.1. The van der Waals surface area contributed by atoms with Gasteiger partial charge >= 0.3 is 0 Å². The molecule has 1 unspecified atom stereocenters. The molecule has 0 aromatic rings. The van der Waals surface area contributed by atoms with Crippen molar-refractivity contribution in [3.63, 3.8) is 0 Å². The van der Waals surface area contributed by atoms with Crippen molar-refractivity contribution in [2.45, 2.75) is 46.4 Å². The highest BCUT2D eigenvalue weighted by atomic mass is 28.3. The van der Waals surface area contributed by atoms with Crippen LogP contribution >= 0.6 is 0 Å². The Morgan fingerprint density at radius 3 is 2.69 bits per heavy atom. The largest absolute Gasteiger partial charge is 0.388 e. The van der Waals surface area contributed by atoms with E-state index in [0.29, 0.717) is 0 Å². The van der Waals surface area contributed by atoms with E-state index in [2.05, 4.69) is 19.2 Å². The molecule has 0 fully saturated rings. The quantitative estimate of drug-likeness (QED) is 0.358. The third kappa shape index (κ3) is 8.21. The van der Waals surface area contributed by atoms with Crippen LogP contribution in [0.5, 0.6) is 0 Å². The fourth-order valence-electron chi connectivity index (χ4n) is 0.963. The summed E-state index contributed by atoms with van der Waals surface area (Å²) in [5.74, 6) is 0. The molecule has 1 atom stereocenters. The second kappa shape index (κ2) is 8.47. The van der Waals surface area contributed by atoms with Crippen molar-refractivity contribution in [3.8, 4) is 0 Å². The van der Waals surface area contributed by atoms with Gasteiger partial charge in [-0.1, -0.05) is 25.1 Å². The minimum absolute atomic E-state index is 0.0540. The summed E-state index contributed by atoms with van der Waals surface area (Å²) >= 11 is 0. The van der Waals surface area contributed by atoms with E-state index < -0.39 is 9.04 Å². The summed E-state index contributed by atoms with van der Waals surface area (Å²) in [5.41, 5.74) is 2.12. The predicted octanol–water partition coefficient (Wildman–Crippen LogP) is 2.90. The number of hydrogen-bond donors (Lipinski definition) is 0. The van der Waals surface area contributed by atoms with Crippen LogP contribution in [0.25, 0.3) is 0 Å². The van der Waals surface area contributed by atoms with Crippen molar-refractivity contribution in [2.75, 3.05) is 6.61 Å². The molecule has 1 radical (unpaired) electrons. The maximum absolute atomic E-state index is 5.63. The molecule has 0 amide bonds. The van der Waals surface area contributed by atoms with Gasteiger partial charge in [-0.2, -0.15) is 0 Å². The Morgan fingerprint density at radius 2 is 2.15 bits per heavy atom. The van der Waals surface area contributed by atoms with E-state index in [-0.39, 0.29) is 6.29 Å². The fraction of sp³-hybridized carbons (Fsp3) is 0.800. The molecule has 0 aliphatic rings. The van der Waals surface area contributed by atoms with Crippen LogP contribution in [-0.4, -0.2) is 21.9 Å². The summed E-state index contributed by atoms with van der Waals surface area (Å²) in [6.07, 6.45) is 4.27. The third-order valence-electron chi connectivity index (χ3n) is 1.60. The summed E-state index contributed by atoms with van der Waals surface area (Å²) in [6.45, 7) is 9.06. The maximum Gasteiger partial charge on any atom is 0.239 e. The standard InChI is InChI=1S/C10H21O2Si/c1-5-7-8-11-10(3)12-13(4)9-6-2/h6,9-10H,5,7-8H2,1-4H3/b9-6+. The molecule has 0 saturated carbocycles. The van der Waals surface area contributed by atoms with E-state index >= 15 is 0 Å². The molecule has 0 aliphatic heterocycles. The monoisotopic (exact) mass is 201 g/mol. The molecular formula is C10H21O2Si. The van der Waals surface area contributed by atoms with Gasteiger partial charge in [-0.15, -0.1) is 0 Å². The van der Waals surface area contributed by atoms with E-state index in [0.717, 1.165) is 13.0 Å². The van der Waals surface area contributed by atoms with E-state index in [1.54, 1.807) is 0 Å². The van der Waals surface area contributed by atoms with Crippen molar-refractivity contribution in [3.05, 3.63) is 11.8 Å². The number of ether oxygens (including phenoxy) is 1. The first-order valence-electron chi connectivity index (χ1n) is 4.95. The van der Waals surface area contributed by atoms with Crippen LogP contribution in [0.2, 0.25) is 6.55 Å². The Kier molecular flexibility index (Phi) is 8.39. The minimum atomic E-state index is -0.782. The molecule has 0 bridgehead atoms. The third-order valence-corrected chi connectivity index (χ3v) is 3.11. The Morgan fingerprint density at radius 1 is 1.46 bits per heavy atom. The van der Waals surface area contributed by atoms with Crippen molar-refractivity contribution in [1.29, 1.82) is 0 Å². The summed E-state index contributed by atoms with van der Waals surface area (Å²) in [4.78, 5) is 0. The first-order valence-corrected chi connectivity index (χ1v) is 6.93. The van der Waals surface area contributed by atoms with Crippen molar-refractivity contribution < 1.29 is 9.16 Å². The average molecular weight is 201 g/mol. The second-order valence-corrected chi connectivity index (χ2v) is 4.81. The van der Waals surface area contributed by atoms with Crippen LogP contribution in [0.15, 0.2) is 11.8 Å². The van der Waals surface area contributed by atoms with Crippen molar-refractivity contribution in [2.24, 2.45) is 0 Å². The molecule has 3 heteroatoms. The molecule has 0 N–H and O–H groups in total. The van der Waals surface area contributed by atoms with Gasteiger partial charge in [0.25, 0.3) is 0 Å². The zero-order valence-corrected chi connectivity index (χ0v) is 10.2. The minimum Gasteiger partial charge on any atom is -0.388 e. The van der Waals surface area contributed by atoms with Gasteiger partial charge in [0.15, 0.2) is 0 Å². The molecule has 0 saturated heterocycles. The molecule has 77 valence electrons. The molecular weight excluding hydrogens is 180 g/mol. The van der Waals surface area contributed by atoms with E-state index in [9.17, 15) is 0 Å². The summed E-state index contributed by atoms with van der Waals surface area (Å²) in [7, 11) is -0.782. The van der Waals surface area contributed by atoms with E-state index in [1.165, 1.54) is 6.42 Å². The lowest BCUT2D eigenvalue weighted by molar-refractivity contribution is -0.0685. The average Bonchev–Trinajstić information content (AvgIpc) is 2.05. The van der Waals surface area contributed by atoms with E-state index in [1.807, 2.05) is 19.9 Å². The normalized spacial score (nSPS) is 14.2. The lowest BCUT2D eigenvalue weighted by Crippen LogP contribution is -2.22. The highest BCUT2D eigenvalue weighted by Crippen LogP contribution is 2.00. The summed E-state index contributed by atoms with van der Waals surface area (Å²) in [5, 5.41) is 0. The molecule has 0 aliphatic carbocycles. The van der Waals surface area contributed by atoms with Gasteiger partial charge in [-0.25, -0.2) is 0 Å². The Bertz CT molecular complexity index is 137. The SMILES string of the molecule is C/C=C/[Si](C)OC(C)OCCCC. The number of rotatable bonds is 7. The zero-order valence-electron chi connectivity index (χ0n) is 9.17. The highest BCUT2D eigenvalue weighted by Gasteiger charge is 2.07. The van der Waals surface area contributed by atoms with Crippen LogP contribution < -0.4 is 0 Å². The lowest BCUT2D eigenvalue weighted by Gasteiger charge is -2.16. The van der Waals surface area contributed by atoms with Gasteiger partial charge in [0, 0.05) is 6.61 Å². The molecule has 2 nitrogen and oxygen atoms in total. The first-order chi connectivity index (χ1) is 6.20. The number of allylic oxidation sites excluding steroid dienone is 1. The Balaban J connectivity index is 3.43. The van der Waals surface area contributed by atoms with Crippen LogP contribution in [-0.2, 0) is 9.16 Å². The van der Waals surface area contributed by atoms with Crippen LogP contribution in [0, 0.1) is 0 Å². The van der Waals surface area contributed by atoms with Gasteiger partial charge in [0.1, 0.15) is 6.29 Å². The smallest absolute Gasteiger partial charge is 0.239 e. The molecule has 0 aromatic carbocycles. The van der Waals surface area contributed by atoms with Crippen LogP contribution in [0.3, 0.4) is 0 Å². The van der Waals surface area contributed by atoms with Gasteiger partial charge in [0.05, 0.1) is 0 Å². The predicted molar refractivity (Wildman–Crippen MR) is 57.8 cm³/mol. The van der Waals surface area contributed by atoms with Gasteiger partial charge in [-0.3, -0.25) is 0 Å². The number of hydrogen-bond acceptors (Lipinski definition) is 2. The molecule has 0 aromatic heterocycles. The first kappa shape index (κ1) is 12.9. The van der Waals surface area contributed by atoms with Crippen LogP contribution in [0.4, 0.5) is 0 Å². The van der Waals surface area contributed by atoms with Crippen molar-refractivity contribution >= 4 is 9.04 Å². The summed E-state index contributed by atoms with van der Waals surface area (Å²) in [6, 6.07) is 0. The van der Waals surface area contributed by atoms with Gasteiger partial charge in [0.2, 0.25) is 9.04 Å². The Hall–Kier alpha value is -0.123.